The van der Waals surface area contributed by atoms with E-state index in [0.717, 1.165) is 28.9 Å². The highest BCUT2D eigenvalue weighted by molar-refractivity contribution is 5.99. The quantitative estimate of drug-likeness (QED) is 0.0512. The number of esters is 1. The molecule has 0 fully saturated rings. The molecular formula is C47H46F6N8O9. The number of carbonyl (C=O) groups excluding carboxylic acids is 5. The van der Waals surface area contributed by atoms with Gasteiger partial charge in [-0.3, -0.25) is 19.2 Å². The number of rotatable bonds is 18. The van der Waals surface area contributed by atoms with Gasteiger partial charge < -0.3 is 40.6 Å². The summed E-state index contributed by atoms with van der Waals surface area (Å²) in [7, 11) is 1.05. The number of carbonyl (C=O) groups is 5. The van der Waals surface area contributed by atoms with Crippen LogP contribution in [0.2, 0.25) is 0 Å². The van der Waals surface area contributed by atoms with E-state index < -0.39 is 89.7 Å². The summed E-state index contributed by atoms with van der Waals surface area (Å²) >= 11 is 0. The van der Waals surface area contributed by atoms with Crippen molar-refractivity contribution in [3.63, 3.8) is 0 Å². The molecule has 70 heavy (non-hydrogen) atoms. The summed E-state index contributed by atoms with van der Waals surface area (Å²) in [4.78, 5) is 62.4. The zero-order valence-electron chi connectivity index (χ0n) is 37.5. The van der Waals surface area contributed by atoms with Gasteiger partial charge in [-0.1, -0.05) is 36.4 Å². The average Bonchev–Trinajstić information content (AvgIpc) is 4.03. The Morgan fingerprint density at radius 3 is 1.36 bits per heavy atom. The van der Waals surface area contributed by atoms with E-state index in [1.165, 1.54) is 24.3 Å². The topological polar surface area (TPSA) is 217 Å². The molecule has 0 aliphatic heterocycles. The number of benzene rings is 4. The smallest absolute Gasteiger partial charge is 0.435 e. The molecule has 0 unspecified atom stereocenters. The molecule has 2 aromatic heterocycles. The van der Waals surface area contributed by atoms with Gasteiger partial charge in [0.05, 0.1) is 55.5 Å². The summed E-state index contributed by atoms with van der Waals surface area (Å²) in [6.07, 6.45) is -7.92. The molecule has 370 valence electrons. The molecule has 6 aromatic rings. The van der Waals surface area contributed by atoms with Crippen molar-refractivity contribution in [3.05, 3.63) is 155 Å². The molecule has 0 aliphatic rings. The average molecular weight is 981 g/mol. The summed E-state index contributed by atoms with van der Waals surface area (Å²) < 4.78 is 98.5. The van der Waals surface area contributed by atoms with Crippen LogP contribution in [0.1, 0.15) is 66.7 Å². The second-order valence-electron chi connectivity index (χ2n) is 14.6. The van der Waals surface area contributed by atoms with Crippen molar-refractivity contribution >= 4 is 29.6 Å². The first kappa shape index (κ1) is 52.8. The van der Waals surface area contributed by atoms with Crippen LogP contribution in [0.15, 0.2) is 122 Å². The van der Waals surface area contributed by atoms with E-state index in [2.05, 4.69) is 36.2 Å². The number of nitrogens with zero attached hydrogens (tertiary/aromatic N) is 4. The van der Waals surface area contributed by atoms with Crippen LogP contribution in [0, 0.1) is 0 Å². The van der Waals surface area contributed by atoms with Gasteiger partial charge in [0.2, 0.25) is 0 Å². The minimum atomic E-state index is -4.94. The van der Waals surface area contributed by atoms with E-state index >= 15 is 0 Å². The Morgan fingerprint density at radius 2 is 0.986 bits per heavy atom. The van der Waals surface area contributed by atoms with Crippen LogP contribution in [0.3, 0.4) is 0 Å². The number of aliphatic hydroxyl groups excluding tert-OH is 1. The standard InChI is InChI=1S/C24H23F3N4O5.C23H23F3N4O4/c1-3-36-17-11-9-15(10-12-17)21(32)28-13-19(23(34)35-2)29-22(33)18-14-31(16-7-5-4-6-8-16)30-20(18)24(25,26)27;1-2-34-18-10-8-15(9-11-18)21(32)27-12-16(14-31)28-22(33)19-13-30(17-6-4-3-5-7-17)29-20(19)23(24,25)26/h4-12,14,19H,3,13H2,1-2H3,(H,28,32)(H,29,33);3-11,13,16,31H,2,12,14H2,1H3,(H,27,32)(H,28,33)/t19-;16-/m00/s1. The fourth-order valence-electron chi connectivity index (χ4n) is 6.27. The van der Waals surface area contributed by atoms with Crippen LogP contribution >= 0.6 is 0 Å². The third-order valence-corrected chi connectivity index (χ3v) is 9.67. The molecule has 0 saturated carbocycles. The molecule has 4 aromatic carbocycles. The summed E-state index contributed by atoms with van der Waals surface area (Å²) in [5, 5.41) is 26.1. The number of para-hydroxylation sites is 2. The summed E-state index contributed by atoms with van der Waals surface area (Å²) in [5.41, 5.74) is -3.07. The van der Waals surface area contributed by atoms with Gasteiger partial charge in [-0.2, -0.15) is 36.5 Å². The van der Waals surface area contributed by atoms with Crippen molar-refractivity contribution < 1.29 is 69.6 Å². The lowest BCUT2D eigenvalue weighted by Gasteiger charge is -2.17. The van der Waals surface area contributed by atoms with E-state index in [1.54, 1.807) is 84.9 Å². The van der Waals surface area contributed by atoms with E-state index in [1.807, 2.05) is 13.8 Å². The monoisotopic (exact) mass is 980 g/mol. The third-order valence-electron chi connectivity index (χ3n) is 9.67. The number of aromatic nitrogens is 4. The Bertz CT molecular complexity index is 2700. The fourth-order valence-corrected chi connectivity index (χ4v) is 6.27. The summed E-state index contributed by atoms with van der Waals surface area (Å²) in [6, 6.07) is 25.9. The lowest BCUT2D eigenvalue weighted by Crippen LogP contribution is -2.49. The largest absolute Gasteiger partial charge is 0.494 e. The van der Waals surface area contributed by atoms with E-state index in [9.17, 15) is 55.4 Å². The maximum Gasteiger partial charge on any atom is 0.435 e. The molecule has 4 amide bonds. The second-order valence-corrected chi connectivity index (χ2v) is 14.6. The third kappa shape index (κ3) is 14.4. The highest BCUT2D eigenvalue weighted by atomic mass is 19.4. The van der Waals surface area contributed by atoms with Crippen molar-refractivity contribution in [3.8, 4) is 22.9 Å². The molecule has 23 heteroatoms. The predicted octanol–water partition coefficient (Wildman–Crippen LogP) is 5.80. The van der Waals surface area contributed by atoms with Crippen LogP contribution in [0.4, 0.5) is 26.3 Å². The van der Waals surface area contributed by atoms with Crippen molar-refractivity contribution in [2.24, 2.45) is 0 Å². The zero-order valence-corrected chi connectivity index (χ0v) is 37.5. The minimum absolute atomic E-state index is 0.206. The number of methoxy groups -OCH3 is 1. The maximum absolute atomic E-state index is 13.6. The molecule has 0 bridgehead atoms. The van der Waals surface area contributed by atoms with Crippen molar-refractivity contribution in [1.82, 2.24) is 40.8 Å². The lowest BCUT2D eigenvalue weighted by atomic mass is 10.2. The number of nitrogens with one attached hydrogen (secondary N) is 4. The molecule has 0 spiro atoms. The van der Waals surface area contributed by atoms with Gasteiger partial charge in [0.1, 0.15) is 17.5 Å². The van der Waals surface area contributed by atoms with E-state index in [4.69, 9.17) is 9.47 Å². The predicted molar refractivity (Wildman–Crippen MR) is 239 cm³/mol. The van der Waals surface area contributed by atoms with Crippen LogP contribution in [-0.2, 0) is 21.9 Å². The first-order valence-electron chi connectivity index (χ1n) is 21.1. The summed E-state index contributed by atoms with van der Waals surface area (Å²) in [6.45, 7) is 3.32. The molecule has 5 N–H and O–H groups in total. The van der Waals surface area contributed by atoms with Gasteiger partial charge in [-0.05, 0) is 86.6 Å². The minimum Gasteiger partial charge on any atom is -0.494 e. The number of hydrogen-bond donors (Lipinski definition) is 5. The van der Waals surface area contributed by atoms with Crippen molar-refractivity contribution in [1.29, 1.82) is 0 Å². The van der Waals surface area contributed by atoms with Crippen molar-refractivity contribution in [2.45, 2.75) is 38.3 Å². The number of aliphatic hydroxyl groups is 1. The molecule has 0 aliphatic carbocycles. The lowest BCUT2D eigenvalue weighted by molar-refractivity contribution is -0.143. The normalized spacial score (nSPS) is 12.0. The van der Waals surface area contributed by atoms with E-state index in [0.29, 0.717) is 41.7 Å². The number of alkyl halides is 6. The molecule has 2 heterocycles. The molecule has 6 rings (SSSR count). The van der Waals surface area contributed by atoms with Crippen LogP contribution in [0.5, 0.6) is 11.5 Å². The van der Waals surface area contributed by atoms with Gasteiger partial charge in [0, 0.05) is 36.6 Å². The first-order chi connectivity index (χ1) is 33.4. The van der Waals surface area contributed by atoms with Crippen LogP contribution in [0.25, 0.3) is 11.4 Å². The number of ether oxygens (including phenoxy) is 3. The SMILES string of the molecule is CCOc1ccc(C(=O)NC[C@@H](CO)NC(=O)c2cn(-c3ccccc3)nc2C(F)(F)F)cc1.CCOc1ccc(C(=O)NC[C@H](NC(=O)c2cn(-c3ccccc3)nc2C(F)(F)F)C(=O)OC)cc1. The number of hydrogen-bond acceptors (Lipinski definition) is 11. The van der Waals surface area contributed by atoms with Crippen molar-refractivity contribution in [2.75, 3.05) is 40.0 Å². The maximum atomic E-state index is 13.6. The highest BCUT2D eigenvalue weighted by Gasteiger charge is 2.41. The van der Waals surface area contributed by atoms with Gasteiger partial charge in [-0.25, -0.2) is 14.2 Å². The van der Waals surface area contributed by atoms with Gasteiger partial charge >= 0.3 is 18.3 Å². The highest BCUT2D eigenvalue weighted by Crippen LogP contribution is 2.33. The first-order valence-corrected chi connectivity index (χ1v) is 21.1. The van der Waals surface area contributed by atoms with Gasteiger partial charge in [0.15, 0.2) is 11.4 Å². The van der Waals surface area contributed by atoms with E-state index in [-0.39, 0.29) is 12.1 Å². The second kappa shape index (κ2) is 24.2. The Balaban J connectivity index is 0.000000261. The van der Waals surface area contributed by atoms with Crippen LogP contribution < -0.4 is 30.7 Å². The fraction of sp³-hybridized carbons (Fsp3) is 0.255. The van der Waals surface area contributed by atoms with Gasteiger partial charge in [-0.15, -0.1) is 0 Å². The molecule has 17 nitrogen and oxygen atoms in total. The van der Waals surface area contributed by atoms with Crippen LogP contribution in [-0.4, -0.2) is 106 Å². The summed E-state index contributed by atoms with van der Waals surface area (Å²) in [5.74, 6) is -3.16. The Labute approximate surface area is 395 Å². The molecule has 2 atom stereocenters. The molecular weight excluding hydrogens is 935 g/mol. The number of amides is 4. The Morgan fingerprint density at radius 1 is 0.586 bits per heavy atom. The molecule has 0 saturated heterocycles. The zero-order chi connectivity index (χ0) is 51.0. The van der Waals surface area contributed by atoms with Gasteiger partial charge in [0.25, 0.3) is 23.6 Å². The Hall–Kier alpha value is -8.21. The Kier molecular flexibility index (Phi) is 18.2. The number of halogens is 6. The molecule has 0 radical (unpaired) electrons.